The highest BCUT2D eigenvalue weighted by molar-refractivity contribution is 14.1. The molecule has 0 bridgehead atoms. The van der Waals surface area contributed by atoms with E-state index in [0.717, 1.165) is 3.57 Å². The van der Waals surface area contributed by atoms with Crippen LogP contribution < -0.4 is 5.32 Å². The van der Waals surface area contributed by atoms with E-state index in [0.29, 0.717) is 21.4 Å². The second-order valence-electron chi connectivity index (χ2n) is 3.45. The Kier molecular flexibility index (Phi) is 4.42. The summed E-state index contributed by atoms with van der Waals surface area (Å²) in [6.07, 6.45) is 1.43. The number of nitrogens with one attached hydrogen (secondary N) is 1. The van der Waals surface area contributed by atoms with Gasteiger partial charge in [-0.15, -0.1) is 0 Å². The van der Waals surface area contributed by atoms with E-state index < -0.39 is 0 Å². The summed E-state index contributed by atoms with van der Waals surface area (Å²) in [6, 6.07) is 8.44. The highest BCUT2D eigenvalue weighted by Crippen LogP contribution is 2.22. The van der Waals surface area contributed by atoms with Crippen LogP contribution in [0.15, 0.2) is 36.5 Å². The van der Waals surface area contributed by atoms with Gasteiger partial charge in [-0.1, -0.05) is 23.2 Å². The molecule has 0 fully saturated rings. The van der Waals surface area contributed by atoms with Gasteiger partial charge in [-0.25, -0.2) is 4.98 Å². The number of aromatic nitrogens is 1. The molecule has 1 N–H and O–H groups in total. The monoisotopic (exact) mass is 392 g/mol. The van der Waals surface area contributed by atoms with Crippen molar-refractivity contribution in [3.63, 3.8) is 0 Å². The van der Waals surface area contributed by atoms with E-state index >= 15 is 0 Å². The molecule has 92 valence electrons. The Bertz CT molecular complexity index is 587. The van der Waals surface area contributed by atoms with Gasteiger partial charge in [-0.05, 0) is 52.9 Å². The van der Waals surface area contributed by atoms with Gasteiger partial charge in [0, 0.05) is 14.8 Å². The number of anilines is 1. The molecule has 0 spiro atoms. The molecule has 6 heteroatoms. The number of hydrogen-bond acceptors (Lipinski definition) is 2. The highest BCUT2D eigenvalue weighted by Gasteiger charge is 2.08. The zero-order valence-corrected chi connectivity index (χ0v) is 12.6. The second-order valence-corrected chi connectivity index (χ2v) is 5.43. The minimum Gasteiger partial charge on any atom is -0.321 e. The summed E-state index contributed by atoms with van der Waals surface area (Å²) in [6.45, 7) is 0. The molecule has 0 radical (unpaired) electrons. The van der Waals surface area contributed by atoms with E-state index in [-0.39, 0.29) is 5.91 Å². The molecule has 1 aromatic carbocycles. The van der Waals surface area contributed by atoms with Crippen LogP contribution in [0.4, 0.5) is 5.69 Å². The first-order chi connectivity index (χ1) is 8.56. The van der Waals surface area contributed by atoms with Gasteiger partial charge in [0.15, 0.2) is 0 Å². The maximum absolute atomic E-state index is 11.9. The van der Waals surface area contributed by atoms with Gasteiger partial charge in [-0.3, -0.25) is 4.79 Å². The van der Waals surface area contributed by atoms with Crippen molar-refractivity contribution in [2.45, 2.75) is 0 Å². The lowest BCUT2D eigenvalue weighted by Gasteiger charge is -2.07. The molecule has 0 aliphatic carbocycles. The van der Waals surface area contributed by atoms with Gasteiger partial charge >= 0.3 is 0 Å². The molecule has 0 aliphatic heterocycles. The number of hydrogen-bond donors (Lipinski definition) is 1. The van der Waals surface area contributed by atoms with Crippen molar-refractivity contribution in [1.29, 1.82) is 0 Å². The molecule has 0 aliphatic rings. The van der Waals surface area contributed by atoms with Crippen molar-refractivity contribution in [3.05, 3.63) is 55.8 Å². The van der Waals surface area contributed by atoms with Crippen LogP contribution in [0.1, 0.15) is 10.4 Å². The van der Waals surface area contributed by atoms with E-state index in [1.807, 2.05) is 0 Å². The molecule has 0 saturated carbocycles. The van der Waals surface area contributed by atoms with E-state index in [9.17, 15) is 4.79 Å². The maximum Gasteiger partial charge on any atom is 0.257 e. The Hall–Kier alpha value is -0.850. The molecule has 2 aromatic rings. The topological polar surface area (TPSA) is 42.0 Å². The van der Waals surface area contributed by atoms with Crippen LogP contribution in [0.25, 0.3) is 0 Å². The maximum atomic E-state index is 11.9. The van der Waals surface area contributed by atoms with Crippen LogP contribution in [0.3, 0.4) is 0 Å². The van der Waals surface area contributed by atoms with Crippen LogP contribution in [-0.2, 0) is 0 Å². The number of carbonyl (C=O) groups excluding carboxylic acids is 1. The summed E-state index contributed by atoms with van der Waals surface area (Å²) in [7, 11) is 0. The molecule has 0 unspecified atom stereocenters. The minimum absolute atomic E-state index is 0.237. The average molecular weight is 393 g/mol. The lowest BCUT2D eigenvalue weighted by molar-refractivity contribution is 0.102. The predicted octanol–water partition coefficient (Wildman–Crippen LogP) is 4.25. The summed E-state index contributed by atoms with van der Waals surface area (Å²) < 4.78 is 0.871. The number of pyridine rings is 1. The van der Waals surface area contributed by atoms with E-state index in [1.54, 1.807) is 30.3 Å². The Morgan fingerprint density at radius 1 is 1.22 bits per heavy atom. The van der Waals surface area contributed by atoms with Crippen LogP contribution in [0, 0.1) is 3.57 Å². The normalized spacial score (nSPS) is 10.2. The Balaban J connectivity index is 2.18. The largest absolute Gasteiger partial charge is 0.321 e. The number of nitrogens with zero attached hydrogens (tertiary/aromatic N) is 1. The summed E-state index contributed by atoms with van der Waals surface area (Å²) in [5, 5.41) is 3.77. The van der Waals surface area contributed by atoms with Gasteiger partial charge in [0.25, 0.3) is 5.91 Å². The molecule has 0 saturated heterocycles. The SMILES string of the molecule is O=C(Nc1ccc(Cl)cc1I)c1ccc(Cl)nc1. The standard InChI is InChI=1S/C12H7Cl2IN2O/c13-8-2-3-10(9(15)5-8)17-12(18)7-1-4-11(14)16-6-7/h1-6H,(H,17,18). The number of carbonyl (C=O) groups is 1. The first-order valence-corrected chi connectivity index (χ1v) is 6.77. The van der Waals surface area contributed by atoms with E-state index in [1.165, 1.54) is 6.20 Å². The van der Waals surface area contributed by atoms with Crippen LogP contribution in [0.5, 0.6) is 0 Å². The van der Waals surface area contributed by atoms with Crippen molar-refractivity contribution in [3.8, 4) is 0 Å². The smallest absolute Gasteiger partial charge is 0.257 e. The average Bonchev–Trinajstić information content (AvgIpc) is 2.33. The summed E-state index contributed by atoms with van der Waals surface area (Å²) in [5.41, 5.74) is 1.16. The Morgan fingerprint density at radius 3 is 2.61 bits per heavy atom. The Labute approximate surface area is 128 Å². The van der Waals surface area contributed by atoms with Crippen molar-refractivity contribution in [2.24, 2.45) is 0 Å². The minimum atomic E-state index is -0.237. The summed E-state index contributed by atoms with van der Waals surface area (Å²) in [4.78, 5) is 15.8. The van der Waals surface area contributed by atoms with Crippen molar-refractivity contribution in [2.75, 3.05) is 5.32 Å². The van der Waals surface area contributed by atoms with Gasteiger partial charge in [0.2, 0.25) is 0 Å². The lowest BCUT2D eigenvalue weighted by Crippen LogP contribution is -2.12. The molecule has 1 amide bonds. The Morgan fingerprint density at radius 2 is 2.00 bits per heavy atom. The highest BCUT2D eigenvalue weighted by atomic mass is 127. The lowest BCUT2D eigenvalue weighted by atomic mass is 10.2. The molecule has 3 nitrogen and oxygen atoms in total. The summed E-state index contributed by atoms with van der Waals surface area (Å²) in [5.74, 6) is -0.237. The number of halogens is 3. The molecule has 1 aromatic heterocycles. The van der Waals surface area contributed by atoms with Crippen LogP contribution in [-0.4, -0.2) is 10.9 Å². The first-order valence-electron chi connectivity index (χ1n) is 4.94. The second kappa shape index (κ2) is 5.86. The molecular formula is C12H7Cl2IN2O. The number of benzene rings is 1. The predicted molar refractivity (Wildman–Crippen MR) is 81.4 cm³/mol. The first kappa shape index (κ1) is 13.6. The quantitative estimate of drug-likeness (QED) is 0.613. The zero-order valence-electron chi connectivity index (χ0n) is 8.95. The number of rotatable bonds is 2. The third kappa shape index (κ3) is 3.34. The molecule has 0 atom stereocenters. The van der Waals surface area contributed by atoms with Crippen molar-refractivity contribution >= 4 is 57.4 Å². The van der Waals surface area contributed by atoms with Gasteiger partial charge < -0.3 is 5.32 Å². The number of amides is 1. The van der Waals surface area contributed by atoms with E-state index in [2.05, 4.69) is 32.9 Å². The molecule has 1 heterocycles. The molecule has 2 rings (SSSR count). The molecular weight excluding hydrogens is 386 g/mol. The third-order valence-electron chi connectivity index (χ3n) is 2.17. The molecule has 18 heavy (non-hydrogen) atoms. The third-order valence-corrected chi connectivity index (χ3v) is 3.52. The van der Waals surface area contributed by atoms with Crippen molar-refractivity contribution < 1.29 is 4.79 Å². The van der Waals surface area contributed by atoms with Crippen molar-refractivity contribution in [1.82, 2.24) is 4.98 Å². The fourth-order valence-electron chi connectivity index (χ4n) is 1.30. The van der Waals surface area contributed by atoms with E-state index in [4.69, 9.17) is 23.2 Å². The van der Waals surface area contributed by atoms with Crippen LogP contribution in [0.2, 0.25) is 10.2 Å². The van der Waals surface area contributed by atoms with Gasteiger partial charge in [0.05, 0.1) is 11.3 Å². The summed E-state index contributed by atoms with van der Waals surface area (Å²) >= 11 is 13.6. The van der Waals surface area contributed by atoms with Crippen LogP contribution >= 0.6 is 45.8 Å². The van der Waals surface area contributed by atoms with Gasteiger partial charge in [-0.2, -0.15) is 0 Å². The fourth-order valence-corrected chi connectivity index (χ4v) is 2.41. The zero-order chi connectivity index (χ0) is 13.1. The van der Waals surface area contributed by atoms with Gasteiger partial charge in [0.1, 0.15) is 5.15 Å². The fraction of sp³-hybridized carbons (Fsp3) is 0.